The third kappa shape index (κ3) is 2.44. The average Bonchev–Trinajstić information content (AvgIpc) is 2.62. The lowest BCUT2D eigenvalue weighted by Gasteiger charge is -2.33. The molecular formula is C22H19N. The highest BCUT2D eigenvalue weighted by Crippen LogP contribution is 2.39. The molecule has 0 spiro atoms. The van der Waals surface area contributed by atoms with Crippen LogP contribution in [-0.4, -0.2) is 11.9 Å². The standard InChI is InChI=1S/C22H19N/c1-23-16-19-14-8-9-15-20(19)21(17-10-4-2-5-11-17)22(23)18-12-6-3-7-13-18/h2-15H,16H2,1H3. The van der Waals surface area contributed by atoms with E-state index in [0.29, 0.717) is 0 Å². The van der Waals surface area contributed by atoms with E-state index in [1.165, 1.54) is 33.5 Å². The number of benzene rings is 3. The summed E-state index contributed by atoms with van der Waals surface area (Å²) in [4.78, 5) is 2.36. The molecule has 112 valence electrons. The van der Waals surface area contributed by atoms with E-state index in [1.54, 1.807) is 0 Å². The number of rotatable bonds is 2. The van der Waals surface area contributed by atoms with Gasteiger partial charge < -0.3 is 4.90 Å². The van der Waals surface area contributed by atoms with Crippen LogP contribution in [0.25, 0.3) is 11.3 Å². The molecule has 1 heteroatoms. The molecule has 0 bridgehead atoms. The molecule has 1 aliphatic rings. The summed E-state index contributed by atoms with van der Waals surface area (Å²) < 4.78 is 0. The minimum Gasteiger partial charge on any atom is -0.369 e. The van der Waals surface area contributed by atoms with E-state index in [0.717, 1.165) is 6.54 Å². The predicted octanol–water partition coefficient (Wildman–Crippen LogP) is 5.05. The Labute approximate surface area is 137 Å². The van der Waals surface area contributed by atoms with E-state index in [-0.39, 0.29) is 0 Å². The van der Waals surface area contributed by atoms with E-state index in [2.05, 4.69) is 96.9 Å². The lowest BCUT2D eigenvalue weighted by atomic mass is 9.87. The van der Waals surface area contributed by atoms with Crippen molar-refractivity contribution in [3.8, 4) is 0 Å². The second-order valence-corrected chi connectivity index (χ2v) is 5.97. The summed E-state index contributed by atoms with van der Waals surface area (Å²) in [7, 11) is 2.18. The van der Waals surface area contributed by atoms with Crippen molar-refractivity contribution < 1.29 is 0 Å². The van der Waals surface area contributed by atoms with Crippen molar-refractivity contribution in [3.05, 3.63) is 107 Å². The van der Waals surface area contributed by atoms with Gasteiger partial charge in [0.25, 0.3) is 0 Å². The molecule has 0 unspecified atom stereocenters. The quantitative estimate of drug-likeness (QED) is 0.640. The van der Waals surface area contributed by atoms with Gasteiger partial charge >= 0.3 is 0 Å². The Balaban J connectivity index is 2.04. The zero-order valence-electron chi connectivity index (χ0n) is 13.2. The summed E-state index contributed by atoms with van der Waals surface area (Å²) in [5.74, 6) is 0. The Morgan fingerprint density at radius 1 is 0.652 bits per heavy atom. The summed E-state index contributed by atoms with van der Waals surface area (Å²) >= 11 is 0. The van der Waals surface area contributed by atoms with Gasteiger partial charge in [-0.05, 0) is 22.3 Å². The molecule has 0 saturated carbocycles. The van der Waals surface area contributed by atoms with Crippen molar-refractivity contribution in [3.63, 3.8) is 0 Å². The monoisotopic (exact) mass is 297 g/mol. The van der Waals surface area contributed by atoms with E-state index in [4.69, 9.17) is 0 Å². The molecule has 3 aromatic rings. The maximum atomic E-state index is 2.36. The van der Waals surface area contributed by atoms with Crippen LogP contribution in [0, 0.1) is 0 Å². The number of nitrogens with zero attached hydrogens (tertiary/aromatic N) is 1. The largest absolute Gasteiger partial charge is 0.369 e. The molecule has 0 fully saturated rings. The summed E-state index contributed by atoms with van der Waals surface area (Å²) in [6.45, 7) is 0.941. The second-order valence-electron chi connectivity index (χ2n) is 5.97. The first-order chi connectivity index (χ1) is 11.3. The fourth-order valence-electron chi connectivity index (χ4n) is 3.41. The molecule has 3 aromatic carbocycles. The van der Waals surface area contributed by atoms with Crippen molar-refractivity contribution in [1.29, 1.82) is 0 Å². The van der Waals surface area contributed by atoms with Gasteiger partial charge in [0.1, 0.15) is 0 Å². The second kappa shape index (κ2) is 5.77. The van der Waals surface area contributed by atoms with Gasteiger partial charge in [-0.3, -0.25) is 0 Å². The fraction of sp³-hybridized carbons (Fsp3) is 0.0909. The molecule has 4 rings (SSSR count). The van der Waals surface area contributed by atoms with Crippen LogP contribution < -0.4 is 0 Å². The van der Waals surface area contributed by atoms with Gasteiger partial charge in [-0.1, -0.05) is 84.9 Å². The molecule has 0 atom stereocenters. The van der Waals surface area contributed by atoms with E-state index in [1.807, 2.05) is 0 Å². The number of hydrogen-bond acceptors (Lipinski definition) is 1. The van der Waals surface area contributed by atoms with E-state index in [9.17, 15) is 0 Å². The third-order valence-electron chi connectivity index (χ3n) is 4.42. The maximum Gasteiger partial charge on any atom is 0.0526 e. The minimum atomic E-state index is 0.941. The zero-order chi connectivity index (χ0) is 15.6. The van der Waals surface area contributed by atoms with Crippen LogP contribution in [0.4, 0.5) is 0 Å². The molecule has 0 radical (unpaired) electrons. The Hall–Kier alpha value is -2.80. The summed E-state index contributed by atoms with van der Waals surface area (Å²) in [5, 5.41) is 0. The topological polar surface area (TPSA) is 3.24 Å². The van der Waals surface area contributed by atoms with Crippen molar-refractivity contribution in [1.82, 2.24) is 4.90 Å². The van der Waals surface area contributed by atoms with Crippen LogP contribution in [0.15, 0.2) is 84.9 Å². The zero-order valence-corrected chi connectivity index (χ0v) is 13.2. The summed E-state index contributed by atoms with van der Waals surface area (Å²) in [6, 6.07) is 30.1. The maximum absolute atomic E-state index is 2.36. The SMILES string of the molecule is CN1Cc2ccccc2C(c2ccccc2)=C1c1ccccc1. The number of fused-ring (bicyclic) bond motifs is 1. The van der Waals surface area contributed by atoms with Gasteiger partial charge in [0.15, 0.2) is 0 Å². The number of hydrogen-bond donors (Lipinski definition) is 0. The van der Waals surface area contributed by atoms with Gasteiger partial charge in [0.05, 0.1) is 5.70 Å². The highest BCUT2D eigenvalue weighted by Gasteiger charge is 2.24. The summed E-state index contributed by atoms with van der Waals surface area (Å²) in [6.07, 6.45) is 0. The summed E-state index contributed by atoms with van der Waals surface area (Å²) in [5.41, 5.74) is 7.88. The van der Waals surface area contributed by atoms with Crippen LogP contribution in [0.2, 0.25) is 0 Å². The van der Waals surface area contributed by atoms with Crippen molar-refractivity contribution in [2.75, 3.05) is 7.05 Å². The Kier molecular flexibility index (Phi) is 3.47. The van der Waals surface area contributed by atoms with Crippen LogP contribution in [0.3, 0.4) is 0 Å². The fourth-order valence-corrected chi connectivity index (χ4v) is 3.41. The van der Waals surface area contributed by atoms with Gasteiger partial charge in [-0.15, -0.1) is 0 Å². The van der Waals surface area contributed by atoms with Gasteiger partial charge in [0.2, 0.25) is 0 Å². The van der Waals surface area contributed by atoms with Crippen LogP contribution in [0.1, 0.15) is 22.3 Å². The average molecular weight is 297 g/mol. The minimum absolute atomic E-state index is 0.941. The molecule has 0 aromatic heterocycles. The Morgan fingerprint density at radius 2 is 1.22 bits per heavy atom. The molecule has 0 N–H and O–H groups in total. The Bertz CT molecular complexity index is 847. The molecule has 0 aliphatic carbocycles. The normalized spacial score (nSPS) is 13.9. The third-order valence-corrected chi connectivity index (χ3v) is 4.42. The lowest BCUT2D eigenvalue weighted by molar-refractivity contribution is 0.470. The molecule has 0 saturated heterocycles. The van der Waals surface area contributed by atoms with Gasteiger partial charge in [-0.25, -0.2) is 0 Å². The first-order valence-corrected chi connectivity index (χ1v) is 7.99. The molecule has 0 amide bonds. The van der Waals surface area contributed by atoms with Crippen molar-refractivity contribution >= 4 is 11.3 Å². The predicted molar refractivity (Wildman–Crippen MR) is 96.7 cm³/mol. The molecule has 1 nitrogen and oxygen atoms in total. The highest BCUT2D eigenvalue weighted by molar-refractivity contribution is 5.99. The van der Waals surface area contributed by atoms with Crippen LogP contribution in [0.5, 0.6) is 0 Å². The van der Waals surface area contributed by atoms with Crippen molar-refractivity contribution in [2.45, 2.75) is 6.54 Å². The molecule has 23 heavy (non-hydrogen) atoms. The van der Waals surface area contributed by atoms with Gasteiger partial charge in [-0.2, -0.15) is 0 Å². The first-order valence-electron chi connectivity index (χ1n) is 7.99. The van der Waals surface area contributed by atoms with Gasteiger partial charge in [0, 0.05) is 19.2 Å². The van der Waals surface area contributed by atoms with Crippen LogP contribution in [-0.2, 0) is 6.54 Å². The molecule has 1 heterocycles. The van der Waals surface area contributed by atoms with E-state index >= 15 is 0 Å². The van der Waals surface area contributed by atoms with Crippen molar-refractivity contribution in [2.24, 2.45) is 0 Å². The molecule has 1 aliphatic heterocycles. The smallest absolute Gasteiger partial charge is 0.0526 e. The van der Waals surface area contributed by atoms with Crippen LogP contribution >= 0.6 is 0 Å². The first kappa shape index (κ1) is 13.8. The Morgan fingerprint density at radius 3 is 1.91 bits per heavy atom. The molecular weight excluding hydrogens is 278 g/mol. The highest BCUT2D eigenvalue weighted by atomic mass is 15.1. The lowest BCUT2D eigenvalue weighted by Crippen LogP contribution is -2.23. The van der Waals surface area contributed by atoms with E-state index < -0.39 is 0 Å².